The first-order chi connectivity index (χ1) is 26.1. The van der Waals surface area contributed by atoms with E-state index in [4.69, 9.17) is 4.42 Å². The van der Waals surface area contributed by atoms with Crippen LogP contribution in [0.3, 0.4) is 0 Å². The predicted octanol–water partition coefficient (Wildman–Crippen LogP) is 14.4. The highest BCUT2D eigenvalue weighted by molar-refractivity contribution is 7.25. The minimum atomic E-state index is -0.398. The lowest BCUT2D eigenvalue weighted by Gasteiger charge is -2.29. The molecule has 0 saturated heterocycles. The summed E-state index contributed by atoms with van der Waals surface area (Å²) in [6.07, 6.45) is 0. The molecule has 53 heavy (non-hydrogen) atoms. The highest BCUT2D eigenvalue weighted by Crippen LogP contribution is 2.55. The molecule has 1 aliphatic rings. The molecule has 2 aromatic heterocycles. The molecule has 1 aliphatic carbocycles. The van der Waals surface area contributed by atoms with Gasteiger partial charge < -0.3 is 9.32 Å². The summed E-state index contributed by atoms with van der Waals surface area (Å²) < 4.78 is 9.38. The van der Waals surface area contributed by atoms with Gasteiger partial charge >= 0.3 is 0 Å². The van der Waals surface area contributed by atoms with Gasteiger partial charge in [0.2, 0.25) is 0 Å². The molecule has 0 unspecified atom stereocenters. The summed E-state index contributed by atoms with van der Waals surface area (Å²) in [5, 5.41) is 4.90. The largest absolute Gasteiger partial charge is 0.456 e. The van der Waals surface area contributed by atoms with Crippen LogP contribution in [0.4, 0.5) is 17.1 Å². The van der Waals surface area contributed by atoms with Gasteiger partial charge in [-0.25, -0.2) is 0 Å². The molecule has 0 N–H and O–H groups in total. The van der Waals surface area contributed by atoms with Gasteiger partial charge in [0.1, 0.15) is 11.2 Å². The first kappa shape index (κ1) is 30.2. The fourth-order valence-corrected chi connectivity index (χ4v) is 9.93. The average molecular weight is 696 g/mol. The molecule has 0 aliphatic heterocycles. The minimum Gasteiger partial charge on any atom is -0.456 e. The van der Waals surface area contributed by atoms with Crippen LogP contribution in [0, 0.1) is 0 Å². The molecular weight excluding hydrogens is 663 g/mol. The molecule has 0 saturated carbocycles. The lowest BCUT2D eigenvalue weighted by Crippen LogP contribution is -2.22. The van der Waals surface area contributed by atoms with E-state index in [9.17, 15) is 0 Å². The van der Waals surface area contributed by atoms with Gasteiger partial charge in [0.25, 0.3) is 0 Å². The van der Waals surface area contributed by atoms with Crippen LogP contribution in [0.25, 0.3) is 64.4 Å². The molecule has 0 fully saturated rings. The second-order valence-corrected chi connectivity index (χ2v) is 15.3. The third kappa shape index (κ3) is 4.51. The highest BCUT2D eigenvalue weighted by atomic mass is 32.1. The first-order valence-corrected chi connectivity index (χ1v) is 19.0. The Bertz CT molecular complexity index is 2980. The van der Waals surface area contributed by atoms with Crippen molar-refractivity contribution in [3.63, 3.8) is 0 Å². The fourth-order valence-electron chi connectivity index (χ4n) is 8.79. The van der Waals surface area contributed by atoms with Gasteiger partial charge in [-0.3, -0.25) is 0 Å². The third-order valence-corrected chi connectivity index (χ3v) is 12.5. The molecule has 0 bridgehead atoms. The van der Waals surface area contributed by atoms with Gasteiger partial charge in [-0.2, -0.15) is 0 Å². The second-order valence-electron chi connectivity index (χ2n) is 14.2. The molecule has 0 radical (unpaired) electrons. The Labute approximate surface area is 311 Å². The van der Waals surface area contributed by atoms with E-state index >= 15 is 0 Å². The van der Waals surface area contributed by atoms with Crippen LogP contribution in [0.1, 0.15) is 23.6 Å². The van der Waals surface area contributed by atoms with Crippen LogP contribution in [0.5, 0.6) is 0 Å². The second kappa shape index (κ2) is 11.5. The quantitative estimate of drug-likeness (QED) is 0.178. The molecule has 0 atom stereocenters. The number of para-hydroxylation sites is 2. The topological polar surface area (TPSA) is 16.4 Å². The monoisotopic (exact) mass is 695 g/mol. The molecule has 0 spiro atoms. The number of hydrogen-bond acceptors (Lipinski definition) is 3. The summed E-state index contributed by atoms with van der Waals surface area (Å²) >= 11 is 1.85. The van der Waals surface area contributed by atoms with E-state index in [1.165, 1.54) is 59.1 Å². The van der Waals surface area contributed by atoms with Crippen molar-refractivity contribution < 1.29 is 4.42 Å². The van der Waals surface area contributed by atoms with Crippen molar-refractivity contribution in [2.45, 2.75) is 12.3 Å². The molecule has 3 heteroatoms. The Kier molecular flexibility index (Phi) is 6.58. The van der Waals surface area contributed by atoms with E-state index < -0.39 is 5.41 Å². The molecule has 0 amide bonds. The summed E-state index contributed by atoms with van der Waals surface area (Å²) in [6.45, 7) is 2.37. The molecule has 10 aromatic rings. The molecule has 250 valence electrons. The normalized spacial score (nSPS) is 13.2. The smallest absolute Gasteiger partial charge is 0.139 e. The lowest BCUT2D eigenvalue weighted by molar-refractivity contribution is 0.638. The van der Waals surface area contributed by atoms with Gasteiger partial charge in [0.15, 0.2) is 0 Å². The van der Waals surface area contributed by atoms with E-state index in [0.717, 1.165) is 39.0 Å². The summed E-state index contributed by atoms with van der Waals surface area (Å²) in [5.74, 6) is 0. The summed E-state index contributed by atoms with van der Waals surface area (Å²) in [6, 6.07) is 66.2. The van der Waals surface area contributed by atoms with Gasteiger partial charge in [0, 0.05) is 59.0 Å². The Morgan fingerprint density at radius 1 is 0.434 bits per heavy atom. The van der Waals surface area contributed by atoms with E-state index in [-0.39, 0.29) is 0 Å². The highest BCUT2D eigenvalue weighted by Gasteiger charge is 2.42. The Morgan fingerprint density at radius 2 is 1.04 bits per heavy atom. The van der Waals surface area contributed by atoms with Crippen LogP contribution in [0.15, 0.2) is 186 Å². The molecule has 11 rings (SSSR count). The van der Waals surface area contributed by atoms with Crippen LogP contribution in [-0.2, 0) is 5.41 Å². The number of benzene rings is 8. The third-order valence-electron chi connectivity index (χ3n) is 11.3. The van der Waals surface area contributed by atoms with Crippen molar-refractivity contribution >= 4 is 70.5 Å². The van der Waals surface area contributed by atoms with Gasteiger partial charge in [0.05, 0.1) is 0 Å². The number of furan rings is 1. The predicted molar refractivity (Wildman–Crippen MR) is 224 cm³/mol. The number of rotatable bonds is 5. The summed E-state index contributed by atoms with van der Waals surface area (Å²) in [5.41, 5.74) is 13.6. The fraction of sp³-hybridized carbons (Fsp3) is 0.0400. The van der Waals surface area contributed by atoms with Gasteiger partial charge in [-0.15, -0.1) is 11.3 Å². The van der Waals surface area contributed by atoms with Crippen LogP contribution < -0.4 is 4.90 Å². The molecule has 8 aromatic carbocycles. The van der Waals surface area contributed by atoms with Gasteiger partial charge in [-0.1, -0.05) is 121 Å². The number of fused-ring (bicyclic) bond motifs is 9. The number of hydrogen-bond donors (Lipinski definition) is 0. The Hall–Kier alpha value is -6.42. The van der Waals surface area contributed by atoms with Crippen LogP contribution in [-0.4, -0.2) is 0 Å². The molecule has 2 heterocycles. The van der Waals surface area contributed by atoms with E-state index in [1.807, 2.05) is 11.3 Å². The molecular formula is C50H33NOS. The average Bonchev–Trinajstić information content (AvgIpc) is 3.87. The van der Waals surface area contributed by atoms with Crippen molar-refractivity contribution in [1.82, 2.24) is 0 Å². The zero-order valence-electron chi connectivity index (χ0n) is 29.1. The van der Waals surface area contributed by atoms with E-state index in [1.54, 1.807) is 0 Å². The maximum Gasteiger partial charge on any atom is 0.139 e. The number of anilines is 3. The van der Waals surface area contributed by atoms with Crippen molar-refractivity contribution in [2.24, 2.45) is 0 Å². The summed E-state index contributed by atoms with van der Waals surface area (Å²) in [7, 11) is 0. The zero-order valence-corrected chi connectivity index (χ0v) is 29.9. The number of nitrogens with zero attached hydrogens (tertiary/aromatic N) is 1. The number of thiophene rings is 1. The van der Waals surface area contributed by atoms with E-state index in [2.05, 4.69) is 194 Å². The van der Waals surface area contributed by atoms with Crippen molar-refractivity contribution in [3.05, 3.63) is 199 Å². The van der Waals surface area contributed by atoms with Crippen LogP contribution in [0.2, 0.25) is 0 Å². The van der Waals surface area contributed by atoms with E-state index in [0.29, 0.717) is 0 Å². The summed E-state index contributed by atoms with van der Waals surface area (Å²) in [4.78, 5) is 2.36. The Balaban J connectivity index is 1.08. The van der Waals surface area contributed by atoms with Crippen molar-refractivity contribution in [2.75, 3.05) is 4.90 Å². The van der Waals surface area contributed by atoms with Crippen LogP contribution >= 0.6 is 11.3 Å². The SMILES string of the molecule is CC1(c2cc(-c3ccc(N(c4ccccc4)c4ccc5c(c4)sc4ccccc45)cc3)cc3c2oc2ccccc23)c2ccccc2-c2ccccc21. The maximum atomic E-state index is 6.77. The van der Waals surface area contributed by atoms with Crippen molar-refractivity contribution in [3.8, 4) is 22.3 Å². The maximum absolute atomic E-state index is 6.77. The minimum absolute atomic E-state index is 0.398. The lowest BCUT2D eigenvalue weighted by atomic mass is 9.73. The standard InChI is InChI=1S/C50H33NOS/c1-50(43-19-9-5-15-37(43)38-16-6-10-20-44(38)50)45-30-33(29-42-39-17-7-11-21-46(39)52-49(42)45)32-23-25-35(26-24-32)51(34-13-3-2-4-14-34)36-27-28-41-40-18-8-12-22-47(40)53-48(41)31-36/h2-31H,1H3. The Morgan fingerprint density at radius 3 is 1.81 bits per heavy atom. The first-order valence-electron chi connectivity index (χ1n) is 18.2. The zero-order chi connectivity index (χ0) is 35.1. The van der Waals surface area contributed by atoms with Crippen molar-refractivity contribution in [1.29, 1.82) is 0 Å². The molecule has 2 nitrogen and oxygen atoms in total. The van der Waals surface area contributed by atoms with Gasteiger partial charge in [-0.05, 0) is 101 Å².